The van der Waals surface area contributed by atoms with Gasteiger partial charge < -0.3 is 9.84 Å². The van der Waals surface area contributed by atoms with Crippen molar-refractivity contribution in [2.24, 2.45) is 0 Å². The van der Waals surface area contributed by atoms with Crippen molar-refractivity contribution in [1.82, 2.24) is 4.98 Å². The van der Waals surface area contributed by atoms with Crippen LogP contribution in [-0.4, -0.2) is 16.1 Å². The highest BCUT2D eigenvalue weighted by Crippen LogP contribution is 2.26. The zero-order valence-corrected chi connectivity index (χ0v) is 15.3. The molecular weight excluding hydrogens is 353 g/mol. The highest BCUT2D eigenvalue weighted by Gasteiger charge is 2.17. The molecule has 0 bridgehead atoms. The fraction of sp³-hybridized carbons (Fsp3) is 0.200. The summed E-state index contributed by atoms with van der Waals surface area (Å²) in [6.45, 7) is 3.68. The summed E-state index contributed by atoms with van der Waals surface area (Å²) in [6, 6.07) is 3.75. The van der Waals surface area contributed by atoms with Crippen molar-refractivity contribution in [3.63, 3.8) is 0 Å². The van der Waals surface area contributed by atoms with Crippen molar-refractivity contribution in [3.05, 3.63) is 68.6 Å². The number of aromatic nitrogens is 1. The Bertz CT molecular complexity index is 917. The van der Waals surface area contributed by atoms with Crippen molar-refractivity contribution in [3.8, 4) is 5.75 Å². The number of rotatable bonds is 4. The first-order chi connectivity index (χ1) is 12.4. The van der Waals surface area contributed by atoms with Crippen LogP contribution in [0.25, 0.3) is 12.2 Å². The molecule has 1 aromatic carbocycles. The third-order valence-corrected chi connectivity index (χ3v) is 4.86. The molecule has 134 valence electrons. The van der Waals surface area contributed by atoms with Crippen LogP contribution in [0.4, 0.5) is 4.39 Å². The Balaban J connectivity index is 1.72. The molecule has 0 atom stereocenters. The normalized spacial score (nSPS) is 14.3. The minimum Gasteiger partial charge on any atom is -0.507 e. The van der Waals surface area contributed by atoms with Crippen LogP contribution in [0, 0.1) is 13.8 Å². The number of hydrogen-bond acceptors (Lipinski definition) is 5. The summed E-state index contributed by atoms with van der Waals surface area (Å²) in [6.07, 6.45) is 9.38. The molecule has 0 amide bonds. The summed E-state index contributed by atoms with van der Waals surface area (Å²) in [5, 5.41) is 9.98. The molecule has 1 aliphatic carbocycles. The summed E-state index contributed by atoms with van der Waals surface area (Å²) in [4.78, 5) is 16.9. The van der Waals surface area contributed by atoms with E-state index in [2.05, 4.69) is 4.98 Å². The van der Waals surface area contributed by atoms with Crippen molar-refractivity contribution in [2.75, 3.05) is 0 Å². The van der Waals surface area contributed by atoms with Gasteiger partial charge in [-0.2, -0.15) is 0 Å². The molecule has 26 heavy (non-hydrogen) atoms. The summed E-state index contributed by atoms with van der Waals surface area (Å²) in [5.41, 5.74) is 2.54. The van der Waals surface area contributed by atoms with E-state index < -0.39 is 11.8 Å². The van der Waals surface area contributed by atoms with Crippen LogP contribution in [0.2, 0.25) is 0 Å². The molecule has 0 saturated heterocycles. The topological polar surface area (TPSA) is 59.4 Å². The molecule has 6 heteroatoms. The van der Waals surface area contributed by atoms with Gasteiger partial charge in [-0.1, -0.05) is 12.2 Å². The van der Waals surface area contributed by atoms with Gasteiger partial charge in [0.25, 0.3) is 0 Å². The predicted octanol–water partition coefficient (Wildman–Crippen LogP) is 5.32. The standard InChI is InChI=1S/C20H18FNO3S/c1-12-9-14(10-13(2)18(12)23)7-8-15-11-22-19(26-15)20(24)25-17-6-4-3-5-16(17)21/h4,6-11,23H,3,5H2,1-2H3/b8-7+. The van der Waals surface area contributed by atoms with Crippen LogP contribution >= 0.6 is 11.3 Å². The Hall–Kier alpha value is -2.73. The maximum Gasteiger partial charge on any atom is 0.372 e. The molecule has 0 saturated carbocycles. The van der Waals surface area contributed by atoms with Crippen molar-refractivity contribution < 1.29 is 19.0 Å². The molecule has 0 aliphatic heterocycles. The predicted molar refractivity (Wildman–Crippen MR) is 101 cm³/mol. The number of thiazole rings is 1. The third-order valence-electron chi connectivity index (χ3n) is 3.92. The van der Waals surface area contributed by atoms with Crippen LogP contribution in [0.15, 0.2) is 42.1 Å². The number of phenols is 1. The maximum atomic E-state index is 13.6. The average molecular weight is 371 g/mol. The van der Waals surface area contributed by atoms with Crippen LogP contribution < -0.4 is 0 Å². The summed E-state index contributed by atoms with van der Waals surface area (Å²) in [5.74, 6) is -0.829. The zero-order valence-electron chi connectivity index (χ0n) is 14.5. The molecule has 2 aromatic rings. The third kappa shape index (κ3) is 4.08. The quantitative estimate of drug-likeness (QED) is 0.739. The van der Waals surface area contributed by atoms with E-state index in [0.29, 0.717) is 12.2 Å². The van der Waals surface area contributed by atoms with E-state index in [0.717, 1.165) is 21.6 Å². The fourth-order valence-electron chi connectivity index (χ4n) is 2.57. The Morgan fingerprint density at radius 1 is 1.31 bits per heavy atom. The molecule has 1 aliphatic rings. The summed E-state index contributed by atoms with van der Waals surface area (Å²) >= 11 is 1.17. The van der Waals surface area contributed by atoms with Crippen molar-refractivity contribution in [2.45, 2.75) is 26.7 Å². The number of esters is 1. The van der Waals surface area contributed by atoms with Gasteiger partial charge in [-0.25, -0.2) is 14.2 Å². The minimum absolute atomic E-state index is 0.0383. The molecular formula is C20H18FNO3S. The van der Waals surface area contributed by atoms with Gasteiger partial charge in [-0.05, 0) is 61.2 Å². The molecule has 1 heterocycles. The number of aryl methyl sites for hydroxylation is 2. The zero-order chi connectivity index (χ0) is 18.7. The lowest BCUT2D eigenvalue weighted by molar-refractivity contribution is 0.0625. The molecule has 1 N–H and O–H groups in total. The van der Waals surface area contributed by atoms with Gasteiger partial charge in [0.15, 0.2) is 5.76 Å². The number of allylic oxidation sites excluding steroid dienone is 3. The maximum absolute atomic E-state index is 13.6. The average Bonchev–Trinajstić information content (AvgIpc) is 3.09. The molecule has 3 rings (SSSR count). The van der Waals surface area contributed by atoms with Crippen molar-refractivity contribution >= 4 is 29.5 Å². The molecule has 0 spiro atoms. The lowest BCUT2D eigenvalue weighted by atomic mass is 10.1. The van der Waals surface area contributed by atoms with E-state index in [4.69, 9.17) is 4.74 Å². The van der Waals surface area contributed by atoms with Crippen LogP contribution in [0.1, 0.15) is 44.2 Å². The van der Waals surface area contributed by atoms with Crippen LogP contribution in [-0.2, 0) is 4.74 Å². The van der Waals surface area contributed by atoms with E-state index in [1.54, 1.807) is 12.3 Å². The molecule has 1 aromatic heterocycles. The van der Waals surface area contributed by atoms with Gasteiger partial charge in [0.1, 0.15) is 11.6 Å². The first-order valence-corrected chi connectivity index (χ1v) is 8.97. The van der Waals surface area contributed by atoms with Crippen LogP contribution in [0.5, 0.6) is 5.75 Å². The number of nitrogens with zero attached hydrogens (tertiary/aromatic N) is 1. The van der Waals surface area contributed by atoms with Gasteiger partial charge in [0.2, 0.25) is 5.01 Å². The number of hydrogen-bond donors (Lipinski definition) is 1. The first kappa shape index (κ1) is 18.1. The van der Waals surface area contributed by atoms with Gasteiger partial charge in [0, 0.05) is 17.5 Å². The van der Waals surface area contributed by atoms with Gasteiger partial charge >= 0.3 is 5.97 Å². The number of phenolic OH excluding ortho intramolecular Hbond substituents is 1. The number of aromatic hydroxyl groups is 1. The van der Waals surface area contributed by atoms with E-state index >= 15 is 0 Å². The highest BCUT2D eigenvalue weighted by atomic mass is 32.1. The number of carbonyl (C=O) groups excluding carboxylic acids is 1. The minimum atomic E-state index is -0.664. The van der Waals surface area contributed by atoms with E-state index in [9.17, 15) is 14.3 Å². The fourth-order valence-corrected chi connectivity index (χ4v) is 3.26. The molecule has 4 nitrogen and oxygen atoms in total. The second kappa shape index (κ2) is 7.66. The second-order valence-corrected chi connectivity index (χ2v) is 7.07. The highest BCUT2D eigenvalue weighted by molar-refractivity contribution is 7.14. The van der Waals surface area contributed by atoms with E-state index in [-0.39, 0.29) is 17.2 Å². The summed E-state index contributed by atoms with van der Waals surface area (Å²) < 4.78 is 18.7. The number of ether oxygens (including phenoxy) is 1. The first-order valence-electron chi connectivity index (χ1n) is 8.15. The Kier molecular flexibility index (Phi) is 5.32. The van der Waals surface area contributed by atoms with E-state index in [1.165, 1.54) is 17.4 Å². The Labute approximate surface area is 155 Å². The van der Waals surface area contributed by atoms with Crippen molar-refractivity contribution in [1.29, 1.82) is 0 Å². The van der Waals surface area contributed by atoms with Gasteiger partial charge in [0.05, 0.1) is 0 Å². The number of halogens is 1. The number of carbonyl (C=O) groups is 1. The Morgan fingerprint density at radius 3 is 2.73 bits per heavy atom. The summed E-state index contributed by atoms with van der Waals surface area (Å²) in [7, 11) is 0. The lowest BCUT2D eigenvalue weighted by Crippen LogP contribution is -2.06. The SMILES string of the molecule is Cc1cc(/C=C/c2cnc(C(=O)OC3=C(F)CCC=C3)s2)cc(C)c1O. The van der Waals surface area contributed by atoms with E-state index in [1.807, 2.05) is 38.1 Å². The largest absolute Gasteiger partial charge is 0.507 e. The smallest absolute Gasteiger partial charge is 0.372 e. The van der Waals surface area contributed by atoms with Gasteiger partial charge in [-0.15, -0.1) is 11.3 Å². The second-order valence-electron chi connectivity index (χ2n) is 6.00. The van der Waals surface area contributed by atoms with Crippen LogP contribution in [0.3, 0.4) is 0 Å². The molecule has 0 radical (unpaired) electrons. The Morgan fingerprint density at radius 2 is 2.04 bits per heavy atom. The van der Waals surface area contributed by atoms with Gasteiger partial charge in [-0.3, -0.25) is 0 Å². The monoisotopic (exact) mass is 371 g/mol. The molecule has 0 unspecified atom stereocenters. The number of benzene rings is 1. The molecule has 0 fully saturated rings. The lowest BCUT2D eigenvalue weighted by Gasteiger charge is -2.08.